The Balaban J connectivity index is 2.16. The monoisotopic (exact) mass is 306 g/mol. The molecule has 1 atom stereocenters. The van der Waals surface area contributed by atoms with Gasteiger partial charge in [-0.15, -0.1) is 11.3 Å². The number of hydrogen-bond donors (Lipinski definition) is 2. The largest absolute Gasteiger partial charge is 0.271 e. The molecule has 0 spiro atoms. The third-order valence-corrected chi connectivity index (χ3v) is 4.47. The number of thiophene rings is 1. The number of halogens is 2. The van der Waals surface area contributed by atoms with Crippen LogP contribution in [0.25, 0.3) is 10.1 Å². The van der Waals surface area contributed by atoms with Gasteiger partial charge >= 0.3 is 0 Å². The molecule has 102 valence electrons. The summed E-state index contributed by atoms with van der Waals surface area (Å²) in [5.41, 5.74) is 4.14. The molecule has 1 unspecified atom stereocenters. The van der Waals surface area contributed by atoms with E-state index in [1.54, 1.807) is 23.5 Å². The molecule has 0 aliphatic rings. The third-order valence-electron chi connectivity index (χ3n) is 3.26. The number of nitrogens with two attached hydrogens (primary N) is 1. The maximum absolute atomic E-state index is 14.1. The number of hydrazine groups is 1. The fourth-order valence-electron chi connectivity index (χ4n) is 2.33. The average Bonchev–Trinajstić information content (AvgIpc) is 2.91. The van der Waals surface area contributed by atoms with Crippen molar-refractivity contribution in [2.75, 3.05) is 0 Å². The summed E-state index contributed by atoms with van der Waals surface area (Å²) in [6, 6.07) is 12.2. The zero-order valence-electron chi connectivity index (χ0n) is 10.4. The molecule has 0 radical (unpaired) electrons. The third kappa shape index (κ3) is 2.31. The molecule has 0 bridgehead atoms. The first kappa shape index (κ1) is 13.5. The highest BCUT2D eigenvalue weighted by atomic mass is 35.5. The van der Waals surface area contributed by atoms with E-state index in [9.17, 15) is 4.39 Å². The van der Waals surface area contributed by atoms with Crippen LogP contribution in [0.15, 0.2) is 47.8 Å². The predicted octanol–water partition coefficient (Wildman–Crippen LogP) is 4.25. The molecular formula is C15H12ClFN2S. The molecule has 0 saturated carbocycles. The van der Waals surface area contributed by atoms with E-state index >= 15 is 0 Å². The van der Waals surface area contributed by atoms with Crippen molar-refractivity contribution in [1.29, 1.82) is 0 Å². The summed E-state index contributed by atoms with van der Waals surface area (Å²) in [5, 5.41) is 3.51. The van der Waals surface area contributed by atoms with E-state index in [0.717, 1.165) is 15.6 Å². The van der Waals surface area contributed by atoms with Crippen LogP contribution in [0.1, 0.15) is 17.2 Å². The van der Waals surface area contributed by atoms with Crippen molar-refractivity contribution >= 4 is 33.0 Å². The molecule has 3 N–H and O–H groups in total. The summed E-state index contributed by atoms with van der Waals surface area (Å²) in [4.78, 5) is 0. The van der Waals surface area contributed by atoms with Crippen LogP contribution in [0.2, 0.25) is 5.02 Å². The van der Waals surface area contributed by atoms with Crippen LogP contribution < -0.4 is 11.3 Å². The second kappa shape index (κ2) is 5.50. The summed E-state index contributed by atoms with van der Waals surface area (Å²) in [6.07, 6.45) is 0. The highest BCUT2D eigenvalue weighted by molar-refractivity contribution is 7.17. The molecule has 0 amide bonds. The normalized spacial score (nSPS) is 12.8. The summed E-state index contributed by atoms with van der Waals surface area (Å²) in [7, 11) is 0. The number of hydrogen-bond acceptors (Lipinski definition) is 3. The van der Waals surface area contributed by atoms with E-state index in [4.69, 9.17) is 17.4 Å². The van der Waals surface area contributed by atoms with Crippen molar-refractivity contribution < 1.29 is 4.39 Å². The molecule has 1 heterocycles. The van der Waals surface area contributed by atoms with E-state index in [0.29, 0.717) is 10.6 Å². The SMILES string of the molecule is NNC(c1ccc(Cl)cc1F)c1cccc2ccsc12. The molecular weight excluding hydrogens is 295 g/mol. The van der Waals surface area contributed by atoms with Gasteiger partial charge in [0.05, 0.1) is 6.04 Å². The minimum atomic E-state index is -0.408. The Bertz CT molecular complexity index is 756. The molecule has 5 heteroatoms. The molecule has 3 rings (SSSR count). The highest BCUT2D eigenvalue weighted by Crippen LogP contribution is 2.33. The molecule has 3 aromatic rings. The van der Waals surface area contributed by atoms with Gasteiger partial charge in [0.1, 0.15) is 5.82 Å². The van der Waals surface area contributed by atoms with Gasteiger partial charge in [-0.2, -0.15) is 0 Å². The average molecular weight is 307 g/mol. The molecule has 0 aliphatic heterocycles. The quantitative estimate of drug-likeness (QED) is 0.561. The van der Waals surface area contributed by atoms with Crippen molar-refractivity contribution in [3.05, 3.63) is 69.8 Å². The molecule has 1 aromatic heterocycles. The second-order valence-corrected chi connectivity index (χ2v) is 5.80. The van der Waals surface area contributed by atoms with Crippen molar-refractivity contribution in [3.8, 4) is 0 Å². The summed E-state index contributed by atoms with van der Waals surface area (Å²) in [5.74, 6) is 5.29. The Morgan fingerprint density at radius 3 is 2.75 bits per heavy atom. The van der Waals surface area contributed by atoms with Gasteiger partial charge in [-0.05, 0) is 34.5 Å². The minimum absolute atomic E-state index is 0.367. The Labute approximate surface area is 125 Å². The van der Waals surface area contributed by atoms with Crippen LogP contribution in [0, 0.1) is 5.82 Å². The van der Waals surface area contributed by atoms with E-state index in [2.05, 4.69) is 5.43 Å². The Morgan fingerprint density at radius 2 is 2.00 bits per heavy atom. The smallest absolute Gasteiger partial charge is 0.129 e. The molecule has 2 aromatic carbocycles. The van der Waals surface area contributed by atoms with Gasteiger partial charge in [0.15, 0.2) is 0 Å². The van der Waals surface area contributed by atoms with Gasteiger partial charge in [-0.3, -0.25) is 5.84 Å². The predicted molar refractivity (Wildman–Crippen MR) is 82.4 cm³/mol. The summed E-state index contributed by atoms with van der Waals surface area (Å²) >= 11 is 7.42. The summed E-state index contributed by atoms with van der Waals surface area (Å²) in [6.45, 7) is 0. The Morgan fingerprint density at radius 1 is 1.15 bits per heavy atom. The van der Waals surface area contributed by atoms with Crippen molar-refractivity contribution in [2.24, 2.45) is 5.84 Å². The van der Waals surface area contributed by atoms with E-state index in [1.165, 1.54) is 6.07 Å². The zero-order valence-corrected chi connectivity index (χ0v) is 12.0. The fourth-order valence-corrected chi connectivity index (χ4v) is 3.43. The lowest BCUT2D eigenvalue weighted by Crippen LogP contribution is -2.29. The highest BCUT2D eigenvalue weighted by Gasteiger charge is 2.19. The molecule has 2 nitrogen and oxygen atoms in total. The molecule has 0 aliphatic carbocycles. The lowest BCUT2D eigenvalue weighted by molar-refractivity contribution is 0.562. The number of nitrogens with one attached hydrogen (secondary N) is 1. The van der Waals surface area contributed by atoms with Gasteiger partial charge in [0, 0.05) is 15.3 Å². The lowest BCUT2D eigenvalue weighted by Gasteiger charge is -2.18. The first-order valence-corrected chi connectivity index (χ1v) is 7.33. The first-order valence-electron chi connectivity index (χ1n) is 6.08. The fraction of sp³-hybridized carbons (Fsp3) is 0.0667. The zero-order chi connectivity index (χ0) is 14.1. The second-order valence-electron chi connectivity index (χ2n) is 4.45. The van der Waals surface area contributed by atoms with Crippen molar-refractivity contribution in [3.63, 3.8) is 0 Å². The number of rotatable bonds is 3. The molecule has 0 fully saturated rings. The topological polar surface area (TPSA) is 38.0 Å². The van der Waals surface area contributed by atoms with Crippen LogP contribution in [0.3, 0.4) is 0 Å². The number of fused-ring (bicyclic) bond motifs is 1. The van der Waals surface area contributed by atoms with Crippen LogP contribution in [0.4, 0.5) is 4.39 Å². The van der Waals surface area contributed by atoms with E-state index in [-0.39, 0.29) is 5.82 Å². The standard InChI is InChI=1S/C15H12ClFN2S/c16-10-4-5-11(13(17)8-10)14(19-18)12-3-1-2-9-6-7-20-15(9)12/h1-8,14,19H,18H2. The van der Waals surface area contributed by atoms with Crippen LogP contribution in [-0.4, -0.2) is 0 Å². The summed E-state index contributed by atoms with van der Waals surface area (Å²) < 4.78 is 15.2. The first-order chi connectivity index (χ1) is 9.70. The minimum Gasteiger partial charge on any atom is -0.271 e. The molecule has 20 heavy (non-hydrogen) atoms. The number of benzene rings is 2. The van der Waals surface area contributed by atoms with Crippen molar-refractivity contribution in [1.82, 2.24) is 5.43 Å². The maximum atomic E-state index is 14.1. The van der Waals surface area contributed by atoms with Crippen LogP contribution in [-0.2, 0) is 0 Å². The maximum Gasteiger partial charge on any atom is 0.129 e. The van der Waals surface area contributed by atoms with Gasteiger partial charge in [0.2, 0.25) is 0 Å². The van der Waals surface area contributed by atoms with Gasteiger partial charge in [-0.25, -0.2) is 9.82 Å². The van der Waals surface area contributed by atoms with Gasteiger partial charge in [0.25, 0.3) is 0 Å². The van der Waals surface area contributed by atoms with Gasteiger partial charge in [-0.1, -0.05) is 35.9 Å². The van der Waals surface area contributed by atoms with Crippen LogP contribution >= 0.6 is 22.9 Å². The molecule has 0 saturated heterocycles. The van der Waals surface area contributed by atoms with Crippen LogP contribution in [0.5, 0.6) is 0 Å². The Hall–Kier alpha value is -1.46. The van der Waals surface area contributed by atoms with Crippen molar-refractivity contribution in [2.45, 2.75) is 6.04 Å². The lowest BCUT2D eigenvalue weighted by atomic mass is 9.98. The van der Waals surface area contributed by atoms with Gasteiger partial charge < -0.3 is 0 Å². The Kier molecular flexibility index (Phi) is 3.72. The van der Waals surface area contributed by atoms with E-state index in [1.807, 2.05) is 29.6 Å². The van der Waals surface area contributed by atoms with E-state index < -0.39 is 6.04 Å².